The normalized spacial score (nSPS) is 17.5. The van der Waals surface area contributed by atoms with Crippen LogP contribution in [-0.2, 0) is 20.6 Å². The number of carboxylic acids is 1. The number of hydrogen-bond donors (Lipinski definition) is 4. The molecule has 2 amide bonds. The summed E-state index contributed by atoms with van der Waals surface area (Å²) in [6.07, 6.45) is -3.53. The van der Waals surface area contributed by atoms with Gasteiger partial charge in [-0.25, -0.2) is 4.79 Å². The lowest BCUT2D eigenvalue weighted by Crippen LogP contribution is -2.49. The number of aliphatic carboxylic acids is 1. The highest BCUT2D eigenvalue weighted by atomic mass is 32.1. The smallest absolute Gasteiger partial charge is 0.475 e. The number of carboxylic acid groups (broad SMARTS) is 1. The predicted octanol–water partition coefficient (Wildman–Crippen LogP) is 3.36. The van der Waals surface area contributed by atoms with E-state index >= 15 is 0 Å². The summed E-state index contributed by atoms with van der Waals surface area (Å²) in [5, 5.41) is 20.4. The molecule has 35 heavy (non-hydrogen) atoms. The molecule has 0 aromatic carbocycles. The number of aromatic nitrogens is 2. The third-order valence-electron chi connectivity index (χ3n) is 4.30. The van der Waals surface area contributed by atoms with Gasteiger partial charge in [0.2, 0.25) is 22.0 Å². The van der Waals surface area contributed by atoms with Crippen LogP contribution in [0.3, 0.4) is 0 Å². The number of rotatable bonds is 7. The van der Waals surface area contributed by atoms with Gasteiger partial charge in [0.05, 0.1) is 6.04 Å². The van der Waals surface area contributed by atoms with Crippen molar-refractivity contribution >= 4 is 34.3 Å². The second-order valence-electron chi connectivity index (χ2n) is 7.81. The van der Waals surface area contributed by atoms with Gasteiger partial charge >= 0.3 is 18.3 Å². The summed E-state index contributed by atoms with van der Waals surface area (Å²) in [5.41, 5.74) is 0. The molecule has 9 nitrogen and oxygen atoms in total. The van der Waals surface area contributed by atoms with Crippen molar-refractivity contribution in [2.45, 2.75) is 64.0 Å². The zero-order valence-electron chi connectivity index (χ0n) is 18.7. The fourth-order valence-corrected chi connectivity index (χ4v) is 3.41. The Morgan fingerprint density at radius 2 is 1.80 bits per heavy atom. The molecule has 4 N–H and O–H groups in total. The van der Waals surface area contributed by atoms with E-state index in [4.69, 9.17) is 9.90 Å². The van der Waals surface area contributed by atoms with Crippen LogP contribution in [-0.4, -0.2) is 57.9 Å². The average Bonchev–Trinajstić information content (AvgIpc) is 3.21. The van der Waals surface area contributed by atoms with Gasteiger partial charge in [0.25, 0.3) is 0 Å². The lowest BCUT2D eigenvalue weighted by Gasteiger charge is -2.25. The standard InChI is InChI=1S/C17H24F3N5O2S.C2HF3O2/c1-10(2)9-11(22-14(27)12-5-3-4-8-21-12)6-7-13(26)23-16-25-24-15(28-16)17(18,19)20;3-2(4,5)1(6)7/h6-7,10-12,21H,3-5,8-9H2,1-2H3,(H,22,27)(H,23,25,26);(H,6,7)/b7-6+;/t11-,12+;/m1./s1. The molecule has 16 heteroatoms. The monoisotopic (exact) mass is 533 g/mol. The van der Waals surface area contributed by atoms with Gasteiger partial charge in [-0.2, -0.15) is 26.3 Å². The molecule has 1 aliphatic heterocycles. The van der Waals surface area contributed by atoms with Crippen molar-refractivity contribution in [3.05, 3.63) is 17.2 Å². The van der Waals surface area contributed by atoms with Crippen molar-refractivity contribution in [2.75, 3.05) is 11.9 Å². The first-order chi connectivity index (χ1) is 16.1. The van der Waals surface area contributed by atoms with Crippen LogP contribution in [0.25, 0.3) is 0 Å². The maximum absolute atomic E-state index is 12.5. The zero-order valence-corrected chi connectivity index (χ0v) is 19.5. The Balaban J connectivity index is 0.000000762. The Kier molecular flexibility index (Phi) is 11.6. The van der Waals surface area contributed by atoms with Crippen molar-refractivity contribution in [3.8, 4) is 0 Å². The van der Waals surface area contributed by atoms with E-state index in [2.05, 4.69) is 26.1 Å². The van der Waals surface area contributed by atoms with E-state index in [-0.39, 0.29) is 40.4 Å². The number of amides is 2. The van der Waals surface area contributed by atoms with Crippen LogP contribution < -0.4 is 16.0 Å². The van der Waals surface area contributed by atoms with Gasteiger partial charge in [0, 0.05) is 12.1 Å². The molecule has 1 fully saturated rings. The molecular weight excluding hydrogens is 508 g/mol. The lowest BCUT2D eigenvalue weighted by atomic mass is 10.0. The summed E-state index contributed by atoms with van der Waals surface area (Å²) in [7, 11) is 0. The molecule has 1 aliphatic rings. The first-order valence-corrected chi connectivity index (χ1v) is 11.1. The minimum atomic E-state index is -5.08. The molecule has 1 aromatic heterocycles. The molecule has 0 spiro atoms. The predicted molar refractivity (Wildman–Crippen MR) is 113 cm³/mol. The Hall–Kier alpha value is -2.75. The van der Waals surface area contributed by atoms with Gasteiger partial charge in [-0.15, -0.1) is 10.2 Å². The van der Waals surface area contributed by atoms with Crippen LogP contribution in [0.2, 0.25) is 0 Å². The highest BCUT2D eigenvalue weighted by Crippen LogP contribution is 2.32. The molecule has 2 rings (SSSR count). The van der Waals surface area contributed by atoms with Gasteiger partial charge in [0.15, 0.2) is 0 Å². The maximum atomic E-state index is 12.5. The van der Waals surface area contributed by atoms with E-state index in [0.29, 0.717) is 6.42 Å². The molecule has 1 aromatic rings. The molecular formula is C19H25F6N5O4S. The maximum Gasteiger partial charge on any atom is 0.490 e. The number of alkyl halides is 6. The van der Waals surface area contributed by atoms with E-state index < -0.39 is 29.2 Å². The fraction of sp³-hybridized carbons (Fsp3) is 0.632. The summed E-state index contributed by atoms with van der Waals surface area (Å²) < 4.78 is 69.3. The van der Waals surface area contributed by atoms with Crippen LogP contribution in [0.5, 0.6) is 0 Å². The summed E-state index contributed by atoms with van der Waals surface area (Å²) >= 11 is 0.251. The molecule has 2 heterocycles. The fourth-order valence-electron chi connectivity index (χ4n) is 2.79. The van der Waals surface area contributed by atoms with E-state index in [0.717, 1.165) is 25.8 Å². The Morgan fingerprint density at radius 3 is 2.26 bits per heavy atom. The van der Waals surface area contributed by atoms with Crippen molar-refractivity contribution in [3.63, 3.8) is 0 Å². The van der Waals surface area contributed by atoms with Crippen LogP contribution in [0.4, 0.5) is 31.5 Å². The SMILES string of the molecule is CC(C)C[C@@H](/C=C/C(=O)Nc1nnc(C(F)(F)F)s1)NC(=O)[C@@H]1CCCCN1.O=C(O)C(F)(F)F. The molecule has 2 atom stereocenters. The zero-order chi connectivity index (χ0) is 26.8. The number of nitrogens with zero attached hydrogens (tertiary/aromatic N) is 2. The summed E-state index contributed by atoms with van der Waals surface area (Å²) in [6, 6.07) is -0.602. The third-order valence-corrected chi connectivity index (χ3v) is 5.18. The number of halogens is 6. The summed E-state index contributed by atoms with van der Waals surface area (Å²) in [6.45, 7) is 4.78. The van der Waals surface area contributed by atoms with Crippen molar-refractivity contribution in [1.82, 2.24) is 20.8 Å². The number of carbonyl (C=O) groups excluding carboxylic acids is 2. The molecule has 1 saturated heterocycles. The van der Waals surface area contributed by atoms with Crippen molar-refractivity contribution < 1.29 is 45.8 Å². The topological polar surface area (TPSA) is 133 Å². The Bertz CT molecular complexity index is 882. The Labute approximate surface area is 200 Å². The number of piperidine rings is 1. The second kappa shape index (κ2) is 13.4. The van der Waals surface area contributed by atoms with Crippen LogP contribution >= 0.6 is 11.3 Å². The van der Waals surface area contributed by atoms with Gasteiger partial charge in [-0.3, -0.25) is 14.9 Å². The summed E-state index contributed by atoms with van der Waals surface area (Å²) in [5.74, 6) is -3.24. The minimum Gasteiger partial charge on any atom is -0.475 e. The van der Waals surface area contributed by atoms with E-state index in [1.54, 1.807) is 6.08 Å². The second-order valence-corrected chi connectivity index (χ2v) is 8.79. The van der Waals surface area contributed by atoms with Gasteiger partial charge in [0.1, 0.15) is 0 Å². The number of anilines is 1. The minimum absolute atomic E-state index is 0.116. The number of hydrogen-bond acceptors (Lipinski definition) is 7. The lowest BCUT2D eigenvalue weighted by molar-refractivity contribution is -0.192. The molecule has 0 saturated carbocycles. The highest BCUT2D eigenvalue weighted by molar-refractivity contribution is 7.15. The highest BCUT2D eigenvalue weighted by Gasteiger charge is 2.38. The molecule has 198 valence electrons. The van der Waals surface area contributed by atoms with Gasteiger partial charge in [-0.1, -0.05) is 37.7 Å². The number of carbonyl (C=O) groups is 3. The van der Waals surface area contributed by atoms with Crippen LogP contribution in [0.1, 0.15) is 44.5 Å². The van der Waals surface area contributed by atoms with Crippen molar-refractivity contribution in [2.24, 2.45) is 5.92 Å². The van der Waals surface area contributed by atoms with Gasteiger partial charge < -0.3 is 15.7 Å². The molecule has 0 aliphatic carbocycles. The van der Waals surface area contributed by atoms with Crippen LogP contribution in [0.15, 0.2) is 12.2 Å². The van der Waals surface area contributed by atoms with E-state index in [1.807, 2.05) is 13.8 Å². The first kappa shape index (κ1) is 30.3. The first-order valence-electron chi connectivity index (χ1n) is 10.3. The Morgan fingerprint density at radius 1 is 1.17 bits per heavy atom. The molecule has 0 bridgehead atoms. The van der Waals surface area contributed by atoms with Crippen LogP contribution in [0, 0.1) is 5.92 Å². The van der Waals surface area contributed by atoms with E-state index in [9.17, 15) is 35.9 Å². The summed E-state index contributed by atoms with van der Waals surface area (Å²) in [4.78, 5) is 33.3. The quantitative estimate of drug-likeness (QED) is 0.312. The largest absolute Gasteiger partial charge is 0.490 e. The van der Waals surface area contributed by atoms with E-state index in [1.165, 1.54) is 6.08 Å². The van der Waals surface area contributed by atoms with Crippen molar-refractivity contribution in [1.29, 1.82) is 0 Å². The van der Waals surface area contributed by atoms with Gasteiger partial charge in [-0.05, 0) is 31.7 Å². The molecule has 0 radical (unpaired) electrons. The average molecular weight is 533 g/mol. The number of nitrogens with one attached hydrogen (secondary N) is 3. The molecule has 0 unspecified atom stereocenters. The third kappa shape index (κ3) is 12.0.